The first-order valence-corrected chi connectivity index (χ1v) is 19.1. The van der Waals surface area contributed by atoms with E-state index in [1.54, 1.807) is 18.3 Å². The molecule has 8 aromatic rings. The third kappa shape index (κ3) is 6.42. The second-order valence-corrected chi connectivity index (χ2v) is 16.6. The van der Waals surface area contributed by atoms with Crippen molar-refractivity contribution in [2.75, 3.05) is 0 Å². The van der Waals surface area contributed by atoms with Crippen LogP contribution in [0, 0.1) is 13.7 Å². The van der Waals surface area contributed by atoms with Crippen LogP contribution in [0.1, 0.15) is 72.0 Å². The molecule has 0 unspecified atom stereocenters. The fraction of sp³-hybridized carbons (Fsp3) is 0.196. The zero-order chi connectivity index (χ0) is 44.6. The van der Waals surface area contributed by atoms with Gasteiger partial charge in [-0.15, -0.1) is 0 Å². The largest absolute Gasteiger partial charge is 0.503 e. The highest BCUT2D eigenvalue weighted by Crippen LogP contribution is 2.43. The summed E-state index contributed by atoms with van der Waals surface area (Å²) in [7, 11) is 0. The topological polar surface area (TPSA) is 46.0 Å². The van der Waals surface area contributed by atoms with E-state index in [9.17, 15) is 0 Å². The summed E-state index contributed by atoms with van der Waals surface area (Å²) in [5.41, 5.74) is 7.37. The van der Waals surface area contributed by atoms with Gasteiger partial charge >= 0.3 is 6.01 Å². The molecule has 3 aromatic heterocycles. The lowest BCUT2D eigenvalue weighted by Gasteiger charge is -2.20. The summed E-state index contributed by atoms with van der Waals surface area (Å²) in [6.07, 6.45) is 5.56. The molecule has 1 aliphatic rings. The average molecular weight is 752 g/mol. The number of benzene rings is 5. The average Bonchev–Trinajstić information content (AvgIpc) is 3.78. The molecule has 9 rings (SSSR count). The highest BCUT2D eigenvalue weighted by Gasteiger charge is 2.38. The Labute approximate surface area is 343 Å². The van der Waals surface area contributed by atoms with E-state index in [0.717, 1.165) is 50.2 Å². The van der Waals surface area contributed by atoms with E-state index >= 15 is 0 Å². The predicted octanol–water partition coefficient (Wildman–Crippen LogP) is 13.1. The van der Waals surface area contributed by atoms with Crippen molar-refractivity contribution in [2.45, 2.75) is 66.1 Å². The Morgan fingerprint density at radius 2 is 1.33 bits per heavy atom. The van der Waals surface area contributed by atoms with E-state index < -0.39 is 13.7 Å². The summed E-state index contributed by atoms with van der Waals surface area (Å²) in [5, 5.41) is 2.05. The van der Waals surface area contributed by atoms with Gasteiger partial charge in [0.2, 0.25) is 11.4 Å². The zero-order valence-electron chi connectivity index (χ0n) is 38.9. The van der Waals surface area contributed by atoms with Gasteiger partial charge in [0.25, 0.3) is 11.4 Å². The molecule has 1 aliphatic heterocycles. The van der Waals surface area contributed by atoms with Crippen LogP contribution in [0.15, 0.2) is 140 Å². The number of aromatic nitrogens is 3. The molecule has 0 saturated carbocycles. The summed E-state index contributed by atoms with van der Waals surface area (Å²) < 4.78 is 63.3. The highest BCUT2D eigenvalue weighted by atomic mass is 16.5. The molecule has 0 N–H and O–H groups in total. The lowest BCUT2D eigenvalue weighted by molar-refractivity contribution is 0.479. The van der Waals surface area contributed by atoms with E-state index in [2.05, 4.69) is 93.5 Å². The molecule has 0 saturated heterocycles. The molecule has 0 bridgehead atoms. The molecule has 5 aromatic carbocycles. The summed E-state index contributed by atoms with van der Waals surface area (Å²) in [6.45, 7) is 7.93. The summed E-state index contributed by atoms with van der Waals surface area (Å²) in [6, 6.07) is 41.7. The van der Waals surface area contributed by atoms with Crippen molar-refractivity contribution in [3.63, 3.8) is 0 Å². The first-order chi connectivity index (χ1) is 29.8. The number of hydrogen-bond donors (Lipinski definition) is 0. The SMILES string of the molecule is [2H]C([2H])([2H])c1cccc(C([2H])([2H])[2H])c1-c1ccccc1[N+]1=C=[N+](c2cc(Oc3ccc4c5cnccc5n(-c5cc(C(C)(C)C)ccn5)c4c3)cc(C(C)(C)C)c2)c2ccccc21. The van der Waals surface area contributed by atoms with Crippen LogP contribution in [-0.2, 0) is 10.8 Å². The van der Waals surface area contributed by atoms with E-state index in [4.69, 9.17) is 17.9 Å². The van der Waals surface area contributed by atoms with Crippen molar-refractivity contribution >= 4 is 50.6 Å². The number of pyridine rings is 2. The highest BCUT2D eigenvalue weighted by molar-refractivity contribution is 6.09. The van der Waals surface area contributed by atoms with Gasteiger partial charge in [-0.05, 0) is 104 Å². The number of ether oxygens (including phenoxy) is 1. The minimum Gasteiger partial charge on any atom is -0.457 e. The molecule has 4 heterocycles. The van der Waals surface area contributed by atoms with Gasteiger partial charge in [0, 0.05) is 67.9 Å². The predicted molar refractivity (Wildman–Crippen MR) is 236 cm³/mol. The minimum atomic E-state index is -2.57. The molecule has 6 heteroatoms. The zero-order valence-corrected chi connectivity index (χ0v) is 32.9. The Balaban J connectivity index is 1.21. The summed E-state index contributed by atoms with van der Waals surface area (Å²) in [4.78, 5) is 9.30. The van der Waals surface area contributed by atoms with Crippen LogP contribution < -0.4 is 13.9 Å². The molecular formula is C51H47N5O+2. The number of hydrogen-bond acceptors (Lipinski definition) is 3. The van der Waals surface area contributed by atoms with Crippen LogP contribution in [0.3, 0.4) is 0 Å². The van der Waals surface area contributed by atoms with E-state index in [1.165, 1.54) is 23.8 Å². The summed E-state index contributed by atoms with van der Waals surface area (Å²) in [5.74, 6) is 2.08. The maximum atomic E-state index is 8.41. The van der Waals surface area contributed by atoms with Crippen molar-refractivity contribution in [1.29, 1.82) is 0 Å². The standard InChI is InChI=1S/C51H47N5O/c1-33-14-13-15-34(2)49(33)41-16-9-10-17-43(41)55-32-54(45-18-11-12-19-46(45)55)37-26-36(51(6,7)8)27-39(29-37)57-38-20-21-40-42-31-52-24-23-44(42)56(47(40)30-38)48-28-35(22-25-53-48)50(3,4)5/h9-31H,1-8H3/q+2/i1D3,2D3. The van der Waals surface area contributed by atoms with Gasteiger partial charge in [0.1, 0.15) is 17.3 Å². The third-order valence-corrected chi connectivity index (χ3v) is 10.7. The van der Waals surface area contributed by atoms with Crippen molar-refractivity contribution < 1.29 is 13.0 Å². The lowest BCUT2D eigenvalue weighted by atomic mass is 9.86. The van der Waals surface area contributed by atoms with Crippen LogP contribution in [-0.4, -0.2) is 20.5 Å². The number of fused-ring (bicyclic) bond motifs is 4. The molecule has 0 fully saturated rings. The lowest BCUT2D eigenvalue weighted by Crippen LogP contribution is -2.12. The van der Waals surface area contributed by atoms with Crippen molar-refractivity contribution in [2.24, 2.45) is 0 Å². The Morgan fingerprint density at radius 3 is 2.07 bits per heavy atom. The van der Waals surface area contributed by atoms with Crippen molar-refractivity contribution in [3.8, 4) is 28.4 Å². The fourth-order valence-electron chi connectivity index (χ4n) is 7.65. The monoisotopic (exact) mass is 751 g/mol. The number of para-hydroxylation sites is 3. The normalized spacial score (nSPS) is 14.8. The molecule has 280 valence electrons. The van der Waals surface area contributed by atoms with Crippen LogP contribution in [0.4, 0.5) is 22.7 Å². The number of rotatable bonds is 6. The molecule has 0 aliphatic carbocycles. The quantitative estimate of drug-likeness (QED) is 0.159. The number of nitrogens with zero attached hydrogens (tertiary/aromatic N) is 5. The molecule has 0 amide bonds. The van der Waals surface area contributed by atoms with Crippen LogP contribution in [0.2, 0.25) is 0 Å². The van der Waals surface area contributed by atoms with Gasteiger partial charge in [0.05, 0.1) is 22.7 Å². The molecule has 0 atom stereocenters. The van der Waals surface area contributed by atoms with Gasteiger partial charge in [0.15, 0.2) is 0 Å². The van der Waals surface area contributed by atoms with Gasteiger partial charge in [-0.3, -0.25) is 9.55 Å². The Bertz CT molecular complexity index is 3160. The van der Waals surface area contributed by atoms with Gasteiger partial charge in [-0.25, -0.2) is 4.98 Å². The Kier molecular flexibility index (Phi) is 7.04. The van der Waals surface area contributed by atoms with E-state index in [-0.39, 0.29) is 27.5 Å². The van der Waals surface area contributed by atoms with Gasteiger partial charge in [-0.2, -0.15) is 0 Å². The maximum Gasteiger partial charge on any atom is 0.503 e. The first-order valence-electron chi connectivity index (χ1n) is 22.1. The second-order valence-electron chi connectivity index (χ2n) is 16.6. The molecule has 0 radical (unpaired) electrons. The number of aryl methyl sites for hydroxylation is 2. The van der Waals surface area contributed by atoms with Crippen molar-refractivity contribution in [1.82, 2.24) is 23.7 Å². The van der Waals surface area contributed by atoms with Crippen LogP contribution >= 0.6 is 0 Å². The van der Waals surface area contributed by atoms with Crippen LogP contribution in [0.25, 0.3) is 38.8 Å². The summed E-state index contributed by atoms with van der Waals surface area (Å²) >= 11 is 0. The minimum absolute atomic E-state index is 0.0301. The molecular weight excluding hydrogens is 699 g/mol. The molecule has 57 heavy (non-hydrogen) atoms. The molecule has 0 spiro atoms. The first kappa shape index (κ1) is 29.6. The second kappa shape index (κ2) is 13.5. The van der Waals surface area contributed by atoms with E-state index in [1.807, 2.05) is 76.1 Å². The van der Waals surface area contributed by atoms with Crippen molar-refractivity contribution in [3.05, 3.63) is 162 Å². The Morgan fingerprint density at radius 1 is 0.614 bits per heavy atom. The van der Waals surface area contributed by atoms with Gasteiger partial charge < -0.3 is 4.74 Å². The third-order valence-electron chi connectivity index (χ3n) is 10.7. The van der Waals surface area contributed by atoms with Crippen LogP contribution in [0.5, 0.6) is 11.5 Å². The maximum absolute atomic E-state index is 8.41. The molecule has 6 nitrogen and oxygen atoms in total. The fourth-order valence-corrected chi connectivity index (χ4v) is 7.65. The Hall–Kier alpha value is -6.62. The van der Waals surface area contributed by atoms with E-state index in [0.29, 0.717) is 22.7 Å². The smallest absolute Gasteiger partial charge is 0.457 e. The van der Waals surface area contributed by atoms with Gasteiger partial charge in [-0.1, -0.05) is 84.0 Å².